The van der Waals surface area contributed by atoms with Gasteiger partial charge in [-0.2, -0.15) is 0 Å². The molecule has 0 aliphatic heterocycles. The van der Waals surface area contributed by atoms with Crippen LogP contribution < -0.4 is 10.8 Å². The number of hydrogen-bond donors (Lipinski definition) is 2. The molecule has 0 spiro atoms. The number of benzene rings is 2. The van der Waals surface area contributed by atoms with Gasteiger partial charge in [-0.3, -0.25) is 0 Å². The van der Waals surface area contributed by atoms with Crippen LogP contribution in [0.4, 0.5) is 0 Å². The Kier molecular flexibility index (Phi) is 15.7. The minimum absolute atomic E-state index is 0.160. The maximum Gasteiger partial charge on any atom is 0.140 e. The standard InChI is InChI=1S/C53H70B2N2S/c1-17-20-26-46(36(12)44-28-27-42(29-43(44)23-18-2)40(16)56-51(31(6)7)41-24-21-22-25-41)57-45(19-3)48(38(14)52(57)34(10)32(8)30(4)5)50(55)37(13)47-39(15)53(58)35(11)33(9)49(47)54/h17,20-22,24,26-29,40,56,58H,1,4,18-19,23,25,54-55H2,2-3,5-16H3/b26-20-,34-32-,46-36-,50-37-. The molecule has 2 nitrogen and oxygen atoms in total. The predicted molar refractivity (Wildman–Crippen MR) is 269 cm³/mol. The highest BCUT2D eigenvalue weighted by Crippen LogP contribution is 2.42. The van der Waals surface area contributed by atoms with Crippen LogP contribution in [-0.2, 0) is 12.8 Å². The number of nitrogens with one attached hydrogen (secondary N) is 1. The largest absolute Gasteiger partial charge is 0.378 e. The SMILES string of the molecule is B/C(=C(/C)c1c(B)c(C)c(C)c(S)c1C)c1c(C)c(/C(C)=C(/C)C(=C)C)n(C(/C=C\C=C)=C(/C)c2ccc(C(C)NC(C3=CC=CC3)=C(C)C)cc2CCC)c1CC. The van der Waals surface area contributed by atoms with Crippen molar-refractivity contribution in [1.29, 1.82) is 0 Å². The molecule has 1 aliphatic rings. The van der Waals surface area contributed by atoms with Crippen molar-refractivity contribution in [3.8, 4) is 0 Å². The van der Waals surface area contributed by atoms with E-state index >= 15 is 0 Å². The first-order valence-electron chi connectivity index (χ1n) is 21.3. The molecule has 1 N–H and O–H groups in total. The minimum Gasteiger partial charge on any atom is -0.378 e. The van der Waals surface area contributed by atoms with Gasteiger partial charge in [0.15, 0.2) is 0 Å². The summed E-state index contributed by atoms with van der Waals surface area (Å²) in [5, 5.41) is 3.89. The fourth-order valence-corrected chi connectivity index (χ4v) is 9.22. The zero-order valence-corrected chi connectivity index (χ0v) is 39.8. The van der Waals surface area contributed by atoms with Crippen LogP contribution in [0.3, 0.4) is 0 Å². The van der Waals surface area contributed by atoms with E-state index in [0.29, 0.717) is 0 Å². The zero-order chi connectivity index (χ0) is 43.3. The van der Waals surface area contributed by atoms with Gasteiger partial charge in [-0.05, 0) is 181 Å². The number of hydrogen-bond acceptors (Lipinski definition) is 2. The number of aromatic nitrogens is 1. The molecule has 58 heavy (non-hydrogen) atoms. The van der Waals surface area contributed by atoms with Gasteiger partial charge in [0.05, 0.1) is 5.69 Å². The Morgan fingerprint density at radius 1 is 0.931 bits per heavy atom. The number of nitrogens with zero attached hydrogens (tertiary/aromatic N) is 1. The third kappa shape index (κ3) is 9.11. The maximum atomic E-state index is 5.02. The van der Waals surface area contributed by atoms with Crippen LogP contribution in [0.2, 0.25) is 0 Å². The highest BCUT2D eigenvalue weighted by molar-refractivity contribution is 7.80. The van der Waals surface area contributed by atoms with E-state index in [4.69, 9.17) is 12.6 Å². The summed E-state index contributed by atoms with van der Waals surface area (Å²) in [7, 11) is 4.60. The summed E-state index contributed by atoms with van der Waals surface area (Å²) in [4.78, 5) is 1.09. The predicted octanol–water partition coefficient (Wildman–Crippen LogP) is 12.6. The van der Waals surface area contributed by atoms with Crippen LogP contribution in [0.25, 0.3) is 27.9 Å². The van der Waals surface area contributed by atoms with Crippen molar-refractivity contribution < 1.29 is 0 Å². The van der Waals surface area contributed by atoms with E-state index in [2.05, 4.69) is 184 Å². The van der Waals surface area contributed by atoms with Gasteiger partial charge in [-0.15, -0.1) is 12.6 Å². The molecule has 1 unspecified atom stereocenters. The van der Waals surface area contributed by atoms with Crippen molar-refractivity contribution in [2.75, 3.05) is 0 Å². The molecule has 0 bridgehead atoms. The summed E-state index contributed by atoms with van der Waals surface area (Å²) in [6, 6.07) is 7.31. The third-order valence-corrected chi connectivity index (χ3v) is 13.5. The van der Waals surface area contributed by atoms with Crippen LogP contribution in [0.5, 0.6) is 0 Å². The molecule has 0 radical (unpaired) electrons. The molecular weight excluding hydrogens is 718 g/mol. The molecule has 0 saturated carbocycles. The number of allylic oxidation sites excluding steroid dienone is 14. The van der Waals surface area contributed by atoms with Gasteiger partial charge in [0.1, 0.15) is 15.7 Å². The Balaban J connectivity index is 2.10. The number of rotatable bonds is 15. The average molecular weight is 789 g/mol. The average Bonchev–Trinajstić information content (AvgIpc) is 3.83. The number of aryl methyl sites for hydroxylation is 1. The number of thiol groups is 1. The van der Waals surface area contributed by atoms with E-state index in [1.165, 1.54) is 117 Å². The van der Waals surface area contributed by atoms with Crippen molar-refractivity contribution in [2.45, 2.75) is 134 Å². The van der Waals surface area contributed by atoms with Gasteiger partial charge < -0.3 is 9.88 Å². The fraction of sp³-hybridized carbons (Fsp3) is 0.358. The molecule has 4 rings (SSSR count). The molecule has 1 heterocycles. The van der Waals surface area contributed by atoms with E-state index in [1.54, 1.807) is 0 Å². The fourth-order valence-electron chi connectivity index (χ4n) is 8.94. The summed E-state index contributed by atoms with van der Waals surface area (Å²) in [5.41, 5.74) is 28.1. The monoisotopic (exact) mass is 789 g/mol. The van der Waals surface area contributed by atoms with Gasteiger partial charge in [-0.1, -0.05) is 110 Å². The summed E-state index contributed by atoms with van der Waals surface area (Å²) >= 11 is 5.02. The van der Waals surface area contributed by atoms with Gasteiger partial charge in [-0.25, -0.2) is 0 Å². The van der Waals surface area contributed by atoms with Crippen molar-refractivity contribution in [3.05, 3.63) is 157 Å². The van der Waals surface area contributed by atoms with E-state index in [0.717, 1.165) is 36.2 Å². The van der Waals surface area contributed by atoms with Crippen LogP contribution >= 0.6 is 12.6 Å². The van der Waals surface area contributed by atoms with Crippen LogP contribution in [0.1, 0.15) is 150 Å². The molecule has 0 fully saturated rings. The Morgan fingerprint density at radius 2 is 1.60 bits per heavy atom. The lowest BCUT2D eigenvalue weighted by Gasteiger charge is -2.24. The Morgan fingerprint density at radius 3 is 2.16 bits per heavy atom. The maximum absolute atomic E-state index is 5.02. The summed E-state index contributed by atoms with van der Waals surface area (Å²) in [6.45, 7) is 40.0. The van der Waals surface area contributed by atoms with Gasteiger partial charge >= 0.3 is 0 Å². The summed E-state index contributed by atoms with van der Waals surface area (Å²) < 4.78 is 2.57. The van der Waals surface area contributed by atoms with E-state index < -0.39 is 0 Å². The second kappa shape index (κ2) is 19.6. The molecule has 1 aliphatic carbocycles. The molecule has 0 amide bonds. The highest BCUT2D eigenvalue weighted by Gasteiger charge is 2.27. The first-order chi connectivity index (χ1) is 27.3. The van der Waals surface area contributed by atoms with Gasteiger partial charge in [0, 0.05) is 28.0 Å². The van der Waals surface area contributed by atoms with Gasteiger partial charge in [0.25, 0.3) is 0 Å². The second-order valence-corrected chi connectivity index (χ2v) is 17.3. The van der Waals surface area contributed by atoms with Crippen molar-refractivity contribution in [2.24, 2.45) is 0 Å². The van der Waals surface area contributed by atoms with Crippen molar-refractivity contribution in [1.82, 2.24) is 9.88 Å². The van der Waals surface area contributed by atoms with E-state index in [9.17, 15) is 0 Å². The topological polar surface area (TPSA) is 17.0 Å². The molecule has 1 atom stereocenters. The Bertz CT molecular complexity index is 2330. The first-order valence-corrected chi connectivity index (χ1v) is 21.8. The second-order valence-electron chi connectivity index (χ2n) is 16.8. The lowest BCUT2D eigenvalue weighted by molar-refractivity contribution is 0.650. The molecule has 2 aromatic carbocycles. The summed E-state index contributed by atoms with van der Waals surface area (Å²) in [5.74, 6) is 0. The van der Waals surface area contributed by atoms with Crippen molar-refractivity contribution in [3.63, 3.8) is 0 Å². The van der Waals surface area contributed by atoms with E-state index in [1.807, 2.05) is 6.08 Å². The van der Waals surface area contributed by atoms with Gasteiger partial charge in [0.2, 0.25) is 0 Å². The lowest BCUT2D eigenvalue weighted by atomic mass is 9.74. The smallest absolute Gasteiger partial charge is 0.140 e. The van der Waals surface area contributed by atoms with Crippen LogP contribution in [-0.4, -0.2) is 20.3 Å². The molecular formula is C53H70B2N2S. The summed E-state index contributed by atoms with van der Waals surface area (Å²) in [6.07, 6.45) is 16.8. The molecule has 1 aromatic heterocycles. The van der Waals surface area contributed by atoms with Crippen LogP contribution in [0, 0.1) is 27.7 Å². The quantitative estimate of drug-likeness (QED) is 0.0891. The zero-order valence-electron chi connectivity index (χ0n) is 38.9. The normalized spacial score (nSPS) is 14.6. The molecule has 0 saturated heterocycles. The third-order valence-electron chi connectivity index (χ3n) is 12.8. The molecule has 3 aromatic rings. The minimum atomic E-state index is 0.160. The van der Waals surface area contributed by atoms with Crippen LogP contribution in [0.15, 0.2) is 101 Å². The lowest BCUT2D eigenvalue weighted by Crippen LogP contribution is -2.20. The first kappa shape index (κ1) is 46.4. The van der Waals surface area contributed by atoms with E-state index in [-0.39, 0.29) is 6.04 Å². The Labute approximate surface area is 360 Å². The van der Waals surface area contributed by atoms with Crippen molar-refractivity contribution >= 4 is 61.7 Å². The molecule has 304 valence electrons. The highest BCUT2D eigenvalue weighted by atomic mass is 32.1. The molecule has 5 heteroatoms. The Hall–Kier alpha value is -4.34.